The molecule has 134 valence electrons. The zero-order valence-electron chi connectivity index (χ0n) is 13.8. The highest BCUT2D eigenvalue weighted by Crippen LogP contribution is 2.31. The molecule has 0 heterocycles. The molecule has 2 aromatic rings. The average molecular weight is 353 g/mol. The molecule has 4 nitrogen and oxygen atoms in total. The van der Waals surface area contributed by atoms with Gasteiger partial charge in [0.25, 0.3) is 5.91 Å². The second-order valence-electron chi connectivity index (χ2n) is 5.06. The van der Waals surface area contributed by atoms with Gasteiger partial charge in [0.2, 0.25) is 0 Å². The molecule has 0 aliphatic heterocycles. The van der Waals surface area contributed by atoms with E-state index in [9.17, 15) is 18.0 Å². The molecule has 2 rings (SSSR count). The molecule has 0 atom stereocenters. The molecule has 0 bridgehead atoms. The number of anilines is 1. The van der Waals surface area contributed by atoms with E-state index in [0.29, 0.717) is 30.3 Å². The standard InChI is InChI=1S/C18H18F3NO3/c1-3-24-15-10-5-12(11-16(15)25-4-2)17(23)22-14-8-6-13(7-9-14)18(19,20)21/h5-11H,3-4H2,1-2H3,(H,22,23). The summed E-state index contributed by atoms with van der Waals surface area (Å²) in [6, 6.07) is 8.97. The van der Waals surface area contributed by atoms with E-state index in [2.05, 4.69) is 5.32 Å². The van der Waals surface area contributed by atoms with Crippen molar-refractivity contribution in [1.29, 1.82) is 0 Å². The molecule has 0 unspecified atom stereocenters. The first-order chi connectivity index (χ1) is 11.8. The SMILES string of the molecule is CCOc1ccc(C(=O)Nc2ccc(C(F)(F)F)cc2)cc1OCC. The molecule has 25 heavy (non-hydrogen) atoms. The first kappa shape index (κ1) is 18.6. The van der Waals surface area contributed by atoms with Crippen LogP contribution in [0.25, 0.3) is 0 Å². The third-order valence-corrected chi connectivity index (χ3v) is 3.28. The molecule has 7 heteroatoms. The van der Waals surface area contributed by atoms with Crippen molar-refractivity contribution in [3.8, 4) is 11.5 Å². The van der Waals surface area contributed by atoms with Crippen LogP contribution in [0.3, 0.4) is 0 Å². The van der Waals surface area contributed by atoms with Crippen LogP contribution < -0.4 is 14.8 Å². The normalized spacial score (nSPS) is 11.1. The maximum atomic E-state index is 12.6. The number of carbonyl (C=O) groups excluding carboxylic acids is 1. The minimum atomic E-state index is -4.41. The Balaban J connectivity index is 2.16. The lowest BCUT2D eigenvalue weighted by Crippen LogP contribution is -2.13. The molecule has 1 N–H and O–H groups in total. The van der Waals surface area contributed by atoms with E-state index in [-0.39, 0.29) is 5.69 Å². The molecule has 1 amide bonds. The van der Waals surface area contributed by atoms with Crippen LogP contribution in [0.15, 0.2) is 42.5 Å². The summed E-state index contributed by atoms with van der Waals surface area (Å²) in [6.45, 7) is 4.51. The van der Waals surface area contributed by atoms with Crippen LogP contribution in [0.2, 0.25) is 0 Å². The summed E-state index contributed by atoms with van der Waals surface area (Å²) in [5.74, 6) is 0.503. The predicted molar refractivity (Wildman–Crippen MR) is 88.2 cm³/mol. The van der Waals surface area contributed by atoms with Crippen LogP contribution in [0.4, 0.5) is 18.9 Å². The van der Waals surface area contributed by atoms with Crippen molar-refractivity contribution in [2.24, 2.45) is 0 Å². The van der Waals surface area contributed by atoms with Gasteiger partial charge in [-0.15, -0.1) is 0 Å². The third-order valence-electron chi connectivity index (χ3n) is 3.28. The zero-order valence-corrected chi connectivity index (χ0v) is 13.8. The number of hydrogen-bond donors (Lipinski definition) is 1. The van der Waals surface area contributed by atoms with E-state index < -0.39 is 17.6 Å². The van der Waals surface area contributed by atoms with Gasteiger partial charge in [-0.3, -0.25) is 4.79 Å². The van der Waals surface area contributed by atoms with Gasteiger partial charge in [0.05, 0.1) is 18.8 Å². The van der Waals surface area contributed by atoms with Gasteiger partial charge in [0.1, 0.15) is 0 Å². The number of benzene rings is 2. The molecule has 0 fully saturated rings. The molecule has 0 aliphatic rings. The van der Waals surface area contributed by atoms with Crippen LogP contribution in [0.1, 0.15) is 29.8 Å². The van der Waals surface area contributed by atoms with Crippen LogP contribution in [-0.4, -0.2) is 19.1 Å². The van der Waals surface area contributed by atoms with Crippen LogP contribution in [-0.2, 0) is 6.18 Å². The number of ether oxygens (including phenoxy) is 2. The van der Waals surface area contributed by atoms with Crippen molar-refractivity contribution in [2.45, 2.75) is 20.0 Å². The Hall–Kier alpha value is -2.70. The fraction of sp³-hybridized carbons (Fsp3) is 0.278. The fourth-order valence-corrected chi connectivity index (χ4v) is 2.14. The highest BCUT2D eigenvalue weighted by atomic mass is 19.4. The first-order valence-electron chi connectivity index (χ1n) is 7.73. The lowest BCUT2D eigenvalue weighted by atomic mass is 10.1. The lowest BCUT2D eigenvalue weighted by molar-refractivity contribution is -0.137. The Labute approximate surface area is 143 Å². The summed E-state index contributed by atoms with van der Waals surface area (Å²) < 4.78 is 48.5. The second-order valence-corrected chi connectivity index (χ2v) is 5.06. The van der Waals surface area contributed by atoms with Crippen molar-refractivity contribution in [1.82, 2.24) is 0 Å². The largest absolute Gasteiger partial charge is 0.490 e. The van der Waals surface area contributed by atoms with Gasteiger partial charge < -0.3 is 14.8 Å². The molecular formula is C18H18F3NO3. The topological polar surface area (TPSA) is 47.6 Å². The zero-order chi connectivity index (χ0) is 18.4. The molecule has 0 aromatic heterocycles. The van der Waals surface area contributed by atoms with Crippen LogP contribution in [0, 0.1) is 0 Å². The Bertz CT molecular complexity index is 727. The number of rotatable bonds is 6. The monoisotopic (exact) mass is 353 g/mol. The van der Waals surface area contributed by atoms with Gasteiger partial charge in [-0.1, -0.05) is 0 Å². The quantitative estimate of drug-likeness (QED) is 0.815. The Morgan fingerprint density at radius 3 is 2.12 bits per heavy atom. The number of halogens is 3. The van der Waals surface area contributed by atoms with Gasteiger partial charge >= 0.3 is 6.18 Å². The molecule has 0 saturated carbocycles. The van der Waals surface area contributed by atoms with Crippen molar-refractivity contribution >= 4 is 11.6 Å². The summed E-state index contributed by atoms with van der Waals surface area (Å²) in [6.07, 6.45) is -4.41. The molecular weight excluding hydrogens is 335 g/mol. The number of hydrogen-bond acceptors (Lipinski definition) is 3. The number of nitrogens with one attached hydrogen (secondary N) is 1. The minimum absolute atomic E-state index is 0.268. The van der Waals surface area contributed by atoms with E-state index in [1.54, 1.807) is 12.1 Å². The lowest BCUT2D eigenvalue weighted by Gasteiger charge is -2.13. The van der Waals surface area contributed by atoms with E-state index in [1.165, 1.54) is 18.2 Å². The van der Waals surface area contributed by atoms with E-state index in [1.807, 2.05) is 13.8 Å². The molecule has 0 spiro atoms. The van der Waals surface area contributed by atoms with Crippen molar-refractivity contribution in [3.05, 3.63) is 53.6 Å². The molecule has 0 saturated heterocycles. The van der Waals surface area contributed by atoms with E-state index in [4.69, 9.17) is 9.47 Å². The maximum absolute atomic E-state index is 12.6. The third kappa shape index (κ3) is 4.89. The Morgan fingerprint density at radius 2 is 1.56 bits per heavy atom. The maximum Gasteiger partial charge on any atom is 0.416 e. The highest BCUT2D eigenvalue weighted by molar-refractivity contribution is 6.04. The van der Waals surface area contributed by atoms with Crippen molar-refractivity contribution < 1.29 is 27.4 Å². The predicted octanol–water partition coefficient (Wildman–Crippen LogP) is 4.76. The van der Waals surface area contributed by atoms with E-state index >= 15 is 0 Å². The fourth-order valence-electron chi connectivity index (χ4n) is 2.14. The average Bonchev–Trinajstić information content (AvgIpc) is 2.56. The van der Waals surface area contributed by atoms with Gasteiger partial charge in [-0.05, 0) is 56.3 Å². The molecule has 2 aromatic carbocycles. The summed E-state index contributed by atoms with van der Waals surface area (Å²) in [7, 11) is 0. The number of carbonyl (C=O) groups is 1. The van der Waals surface area contributed by atoms with Gasteiger partial charge in [0.15, 0.2) is 11.5 Å². The highest BCUT2D eigenvalue weighted by Gasteiger charge is 2.30. The van der Waals surface area contributed by atoms with Gasteiger partial charge in [-0.25, -0.2) is 0 Å². The van der Waals surface area contributed by atoms with Crippen LogP contribution in [0.5, 0.6) is 11.5 Å². The Kier molecular flexibility index (Phi) is 5.90. The first-order valence-corrected chi connectivity index (χ1v) is 7.73. The second kappa shape index (κ2) is 7.92. The Morgan fingerprint density at radius 1 is 0.960 bits per heavy atom. The van der Waals surface area contributed by atoms with Crippen molar-refractivity contribution in [2.75, 3.05) is 18.5 Å². The molecule has 0 radical (unpaired) electrons. The number of amides is 1. The van der Waals surface area contributed by atoms with E-state index in [0.717, 1.165) is 12.1 Å². The van der Waals surface area contributed by atoms with Crippen molar-refractivity contribution in [3.63, 3.8) is 0 Å². The summed E-state index contributed by atoms with van der Waals surface area (Å²) in [4.78, 5) is 12.3. The summed E-state index contributed by atoms with van der Waals surface area (Å²) in [5, 5.41) is 2.56. The van der Waals surface area contributed by atoms with Gasteiger partial charge in [0, 0.05) is 11.3 Å². The van der Waals surface area contributed by atoms with Crippen LogP contribution >= 0.6 is 0 Å². The smallest absolute Gasteiger partial charge is 0.416 e. The number of alkyl halides is 3. The minimum Gasteiger partial charge on any atom is -0.490 e. The summed E-state index contributed by atoms with van der Waals surface area (Å²) in [5.41, 5.74) is -0.193. The van der Waals surface area contributed by atoms with Gasteiger partial charge in [-0.2, -0.15) is 13.2 Å². The molecule has 0 aliphatic carbocycles. The summed E-state index contributed by atoms with van der Waals surface area (Å²) >= 11 is 0.